The molecule has 1 heterocycles. The van der Waals surface area contributed by atoms with E-state index in [-0.39, 0.29) is 0 Å². The van der Waals surface area contributed by atoms with Crippen LogP contribution in [0.15, 0.2) is 6.07 Å². The van der Waals surface area contributed by atoms with Gasteiger partial charge in [0, 0.05) is 18.3 Å². The molecule has 1 atom stereocenters. The minimum Gasteiger partial charge on any atom is -0.312 e. The van der Waals surface area contributed by atoms with Gasteiger partial charge in [0.25, 0.3) is 0 Å². The molecule has 1 N–H and O–H groups in total. The first-order valence-electron chi connectivity index (χ1n) is 6.92. The number of rotatable bonds is 7. The predicted octanol–water partition coefficient (Wildman–Crippen LogP) is 2.96. The second-order valence-corrected chi connectivity index (χ2v) is 4.90. The lowest BCUT2D eigenvalue weighted by atomic mass is 10.2. The van der Waals surface area contributed by atoms with Gasteiger partial charge in [-0.1, -0.05) is 34.6 Å². The fourth-order valence-electron chi connectivity index (χ4n) is 2.02. The van der Waals surface area contributed by atoms with Crippen LogP contribution in [0, 0.1) is 0 Å². The van der Waals surface area contributed by atoms with E-state index < -0.39 is 0 Å². The number of nitrogens with one attached hydrogen (secondary N) is 1. The summed E-state index contributed by atoms with van der Waals surface area (Å²) in [5.41, 5.74) is 2.57. The summed E-state index contributed by atoms with van der Waals surface area (Å²) in [7, 11) is 0. The molecule has 17 heavy (non-hydrogen) atoms. The topological polar surface area (TPSA) is 29.9 Å². The molecule has 0 fully saturated rings. The Hall–Kier alpha value is -0.830. The Balaban J connectivity index is 2.82. The van der Waals surface area contributed by atoms with E-state index in [0.29, 0.717) is 12.1 Å². The fourth-order valence-corrected chi connectivity index (χ4v) is 2.02. The van der Waals surface area contributed by atoms with Crippen LogP contribution >= 0.6 is 0 Å². The van der Waals surface area contributed by atoms with Crippen molar-refractivity contribution >= 4 is 0 Å². The first-order chi connectivity index (χ1) is 8.12. The van der Waals surface area contributed by atoms with Crippen LogP contribution in [0.3, 0.4) is 0 Å². The Morgan fingerprint density at radius 2 is 1.94 bits per heavy atom. The molecule has 1 aromatic rings. The molecule has 98 valence electrons. The quantitative estimate of drug-likeness (QED) is 0.790. The van der Waals surface area contributed by atoms with Crippen molar-refractivity contribution in [1.29, 1.82) is 0 Å². The second kappa shape index (κ2) is 6.80. The molecule has 1 aromatic heterocycles. The Labute approximate surface area is 106 Å². The predicted molar refractivity (Wildman–Crippen MR) is 73.4 cm³/mol. The maximum Gasteiger partial charge on any atom is 0.0644 e. The lowest BCUT2D eigenvalue weighted by Crippen LogP contribution is -2.31. The Morgan fingerprint density at radius 3 is 2.41 bits per heavy atom. The van der Waals surface area contributed by atoms with E-state index in [2.05, 4.69) is 50.7 Å². The van der Waals surface area contributed by atoms with Gasteiger partial charge in [-0.3, -0.25) is 4.68 Å². The number of nitrogens with zero attached hydrogens (tertiary/aromatic N) is 2. The van der Waals surface area contributed by atoms with Crippen LogP contribution in [0.4, 0.5) is 0 Å². The van der Waals surface area contributed by atoms with Crippen molar-refractivity contribution in [2.24, 2.45) is 0 Å². The van der Waals surface area contributed by atoms with Crippen LogP contribution < -0.4 is 5.32 Å². The van der Waals surface area contributed by atoms with Crippen LogP contribution in [-0.4, -0.2) is 22.4 Å². The average Bonchev–Trinajstić information content (AvgIpc) is 2.73. The molecular formula is C14H27N3. The molecule has 0 aliphatic heterocycles. The van der Waals surface area contributed by atoms with Crippen molar-refractivity contribution in [3.05, 3.63) is 17.5 Å². The van der Waals surface area contributed by atoms with Gasteiger partial charge in [-0.05, 0) is 25.3 Å². The summed E-state index contributed by atoms with van der Waals surface area (Å²) in [5.74, 6) is 0. The third-order valence-electron chi connectivity index (χ3n) is 3.17. The lowest BCUT2D eigenvalue weighted by Gasteiger charge is -2.20. The van der Waals surface area contributed by atoms with E-state index in [9.17, 15) is 0 Å². The highest BCUT2D eigenvalue weighted by molar-refractivity contribution is 5.11. The molecule has 0 bridgehead atoms. The van der Waals surface area contributed by atoms with Gasteiger partial charge >= 0.3 is 0 Å². The lowest BCUT2D eigenvalue weighted by molar-refractivity contribution is 0.385. The average molecular weight is 237 g/mol. The summed E-state index contributed by atoms with van der Waals surface area (Å²) in [6.45, 7) is 12.0. The third-order valence-corrected chi connectivity index (χ3v) is 3.17. The number of hydrogen-bond donors (Lipinski definition) is 1. The first-order valence-corrected chi connectivity index (χ1v) is 6.92. The molecule has 0 radical (unpaired) electrons. The van der Waals surface area contributed by atoms with E-state index in [1.54, 1.807) is 0 Å². The van der Waals surface area contributed by atoms with Crippen molar-refractivity contribution < 1.29 is 0 Å². The zero-order chi connectivity index (χ0) is 12.8. The van der Waals surface area contributed by atoms with Crippen LogP contribution in [0.2, 0.25) is 0 Å². The van der Waals surface area contributed by atoms with Gasteiger partial charge in [0.1, 0.15) is 0 Å². The second-order valence-electron chi connectivity index (χ2n) is 4.90. The summed E-state index contributed by atoms with van der Waals surface area (Å²) >= 11 is 0. The van der Waals surface area contributed by atoms with Gasteiger partial charge in [-0.15, -0.1) is 0 Å². The molecule has 3 nitrogen and oxygen atoms in total. The minimum absolute atomic E-state index is 0.479. The first kappa shape index (κ1) is 14.2. The summed E-state index contributed by atoms with van der Waals surface area (Å²) < 4.78 is 2.23. The van der Waals surface area contributed by atoms with Crippen LogP contribution in [-0.2, 0) is 12.8 Å². The van der Waals surface area contributed by atoms with Crippen molar-refractivity contribution in [2.75, 3.05) is 6.54 Å². The molecule has 0 aromatic carbocycles. The molecule has 3 heteroatoms. The van der Waals surface area contributed by atoms with Gasteiger partial charge in [-0.2, -0.15) is 5.10 Å². The molecule has 0 amide bonds. The van der Waals surface area contributed by atoms with Crippen molar-refractivity contribution in [1.82, 2.24) is 15.1 Å². The Morgan fingerprint density at radius 1 is 1.24 bits per heavy atom. The van der Waals surface area contributed by atoms with Crippen LogP contribution in [0.25, 0.3) is 0 Å². The van der Waals surface area contributed by atoms with Crippen LogP contribution in [0.5, 0.6) is 0 Å². The highest BCUT2D eigenvalue weighted by atomic mass is 15.3. The van der Waals surface area contributed by atoms with Gasteiger partial charge < -0.3 is 5.32 Å². The molecule has 0 saturated carbocycles. The van der Waals surface area contributed by atoms with E-state index >= 15 is 0 Å². The molecule has 0 aliphatic rings. The normalized spacial score (nSPS) is 13.3. The maximum atomic E-state index is 4.73. The molecule has 0 spiro atoms. The summed E-state index contributed by atoms with van der Waals surface area (Å²) in [6, 6.07) is 3.26. The van der Waals surface area contributed by atoms with Crippen molar-refractivity contribution in [3.63, 3.8) is 0 Å². The monoisotopic (exact) mass is 237 g/mol. The SMILES string of the molecule is CCc1cc(CC)n(C(CC)CNC(C)C)n1. The van der Waals surface area contributed by atoms with E-state index in [4.69, 9.17) is 5.10 Å². The molecule has 1 unspecified atom stereocenters. The van der Waals surface area contributed by atoms with E-state index in [1.165, 1.54) is 11.4 Å². The maximum absolute atomic E-state index is 4.73. The number of aromatic nitrogens is 2. The van der Waals surface area contributed by atoms with Gasteiger partial charge in [0.15, 0.2) is 0 Å². The molecule has 0 aliphatic carbocycles. The Kier molecular flexibility index (Phi) is 5.69. The number of hydrogen-bond acceptors (Lipinski definition) is 2. The molecule has 0 saturated heterocycles. The largest absolute Gasteiger partial charge is 0.312 e. The van der Waals surface area contributed by atoms with Gasteiger partial charge in [0.05, 0.1) is 11.7 Å². The molecule has 1 rings (SSSR count). The number of aryl methyl sites for hydroxylation is 2. The minimum atomic E-state index is 0.479. The smallest absolute Gasteiger partial charge is 0.0644 e. The fraction of sp³-hybridized carbons (Fsp3) is 0.786. The van der Waals surface area contributed by atoms with Crippen molar-refractivity contribution in [3.8, 4) is 0 Å². The highest BCUT2D eigenvalue weighted by Crippen LogP contribution is 2.16. The standard InChI is InChI=1S/C14H27N3/c1-6-12-9-13(7-2)17(16-12)14(8-3)10-15-11(4)5/h9,11,14-15H,6-8,10H2,1-5H3. The van der Waals surface area contributed by atoms with Gasteiger partial charge in [-0.25, -0.2) is 0 Å². The van der Waals surface area contributed by atoms with E-state index in [0.717, 1.165) is 25.8 Å². The zero-order valence-electron chi connectivity index (χ0n) is 12.0. The Bertz CT molecular complexity index is 328. The summed E-state index contributed by atoms with van der Waals surface area (Å²) in [4.78, 5) is 0. The highest BCUT2D eigenvalue weighted by Gasteiger charge is 2.14. The third kappa shape index (κ3) is 3.84. The van der Waals surface area contributed by atoms with Crippen molar-refractivity contribution in [2.45, 2.75) is 66.0 Å². The van der Waals surface area contributed by atoms with E-state index in [1.807, 2.05) is 0 Å². The van der Waals surface area contributed by atoms with Crippen LogP contribution in [0.1, 0.15) is 58.5 Å². The summed E-state index contributed by atoms with van der Waals surface area (Å²) in [6.07, 6.45) is 3.21. The zero-order valence-corrected chi connectivity index (χ0v) is 12.0. The molecular weight excluding hydrogens is 210 g/mol. The van der Waals surface area contributed by atoms with Gasteiger partial charge in [0.2, 0.25) is 0 Å². The summed E-state index contributed by atoms with van der Waals surface area (Å²) in [5, 5.41) is 8.24.